The highest BCUT2D eigenvalue weighted by atomic mass is 16.5. The van der Waals surface area contributed by atoms with E-state index in [2.05, 4.69) is 17.6 Å². The summed E-state index contributed by atoms with van der Waals surface area (Å²) in [5.74, 6) is 0.390. The normalized spacial score (nSPS) is 15.9. The van der Waals surface area contributed by atoms with Gasteiger partial charge in [0.05, 0.1) is 0 Å². The van der Waals surface area contributed by atoms with Gasteiger partial charge in [0.25, 0.3) is 0 Å². The van der Waals surface area contributed by atoms with Crippen LogP contribution in [0.5, 0.6) is 0 Å². The summed E-state index contributed by atoms with van der Waals surface area (Å²) < 4.78 is 5.05. The summed E-state index contributed by atoms with van der Waals surface area (Å²) in [5.41, 5.74) is 1.93. The number of benzene rings is 1. The van der Waals surface area contributed by atoms with Gasteiger partial charge in [-0.15, -0.1) is 0 Å². The Hall–Kier alpha value is -1.55. The first-order valence-electron chi connectivity index (χ1n) is 6.85. The molecule has 1 aliphatic carbocycles. The molecule has 1 aromatic rings. The molecule has 0 aliphatic heterocycles. The predicted octanol–water partition coefficient (Wildman–Crippen LogP) is 2.87. The summed E-state index contributed by atoms with van der Waals surface area (Å²) in [6, 6.07) is 8.22. The summed E-state index contributed by atoms with van der Waals surface area (Å²) in [5, 5.41) is 6.33. The number of anilines is 2. The van der Waals surface area contributed by atoms with Crippen molar-refractivity contribution in [2.24, 2.45) is 5.92 Å². The Labute approximate surface area is 114 Å². The second-order valence-corrected chi connectivity index (χ2v) is 5.17. The standard InChI is InChI=1S/C15H22N2O2/c1-11(9-10-19-2)16-13-5-7-14(8-6-13)17-15(18)12-3-4-12/h5-8,11-12,16H,3-4,9-10H2,1-2H3,(H,17,18). The maximum atomic E-state index is 11.6. The zero-order chi connectivity index (χ0) is 13.7. The van der Waals surface area contributed by atoms with Crippen molar-refractivity contribution < 1.29 is 9.53 Å². The van der Waals surface area contributed by atoms with Gasteiger partial charge in [0.2, 0.25) is 5.91 Å². The summed E-state index contributed by atoms with van der Waals surface area (Å²) >= 11 is 0. The highest BCUT2D eigenvalue weighted by molar-refractivity contribution is 5.94. The van der Waals surface area contributed by atoms with Gasteiger partial charge in [-0.1, -0.05) is 0 Å². The molecule has 0 heterocycles. The summed E-state index contributed by atoms with van der Waals surface area (Å²) in [6.45, 7) is 2.88. The lowest BCUT2D eigenvalue weighted by atomic mass is 10.2. The van der Waals surface area contributed by atoms with Crippen LogP contribution in [-0.4, -0.2) is 25.7 Å². The van der Waals surface area contributed by atoms with E-state index in [0.29, 0.717) is 6.04 Å². The molecule has 1 aliphatic rings. The van der Waals surface area contributed by atoms with Crippen LogP contribution >= 0.6 is 0 Å². The minimum atomic E-state index is 0.147. The largest absolute Gasteiger partial charge is 0.385 e. The quantitative estimate of drug-likeness (QED) is 0.794. The average Bonchev–Trinajstić information content (AvgIpc) is 3.23. The first-order chi connectivity index (χ1) is 9.19. The number of nitrogens with one attached hydrogen (secondary N) is 2. The van der Waals surface area contributed by atoms with Crippen molar-refractivity contribution in [2.75, 3.05) is 24.4 Å². The van der Waals surface area contributed by atoms with Gasteiger partial charge in [0, 0.05) is 37.1 Å². The predicted molar refractivity (Wildman–Crippen MR) is 77.4 cm³/mol. The van der Waals surface area contributed by atoms with Crippen LogP contribution in [0.2, 0.25) is 0 Å². The fraction of sp³-hybridized carbons (Fsp3) is 0.533. The fourth-order valence-corrected chi connectivity index (χ4v) is 1.89. The molecule has 1 aromatic carbocycles. The van der Waals surface area contributed by atoms with Crippen molar-refractivity contribution in [1.29, 1.82) is 0 Å². The number of carbonyl (C=O) groups excluding carboxylic acids is 1. The van der Waals surface area contributed by atoms with E-state index in [0.717, 1.165) is 37.2 Å². The Morgan fingerprint density at radius 3 is 2.53 bits per heavy atom. The first-order valence-corrected chi connectivity index (χ1v) is 6.85. The molecule has 1 unspecified atom stereocenters. The lowest BCUT2D eigenvalue weighted by Gasteiger charge is -2.15. The van der Waals surface area contributed by atoms with Gasteiger partial charge in [0.1, 0.15) is 0 Å². The Kier molecular flexibility index (Phi) is 4.80. The van der Waals surface area contributed by atoms with E-state index in [1.165, 1.54) is 0 Å². The highest BCUT2D eigenvalue weighted by Crippen LogP contribution is 2.30. The molecule has 1 saturated carbocycles. The molecule has 1 fully saturated rings. The smallest absolute Gasteiger partial charge is 0.227 e. The molecule has 2 rings (SSSR count). The number of amides is 1. The summed E-state index contributed by atoms with van der Waals surface area (Å²) in [7, 11) is 1.71. The lowest BCUT2D eigenvalue weighted by molar-refractivity contribution is -0.117. The van der Waals surface area contributed by atoms with E-state index in [1.54, 1.807) is 7.11 Å². The van der Waals surface area contributed by atoms with Crippen LogP contribution in [0.1, 0.15) is 26.2 Å². The molecule has 0 aromatic heterocycles. The molecule has 1 amide bonds. The molecule has 0 saturated heterocycles. The van der Waals surface area contributed by atoms with Crippen molar-refractivity contribution in [2.45, 2.75) is 32.2 Å². The number of hydrogen-bond acceptors (Lipinski definition) is 3. The third kappa shape index (κ3) is 4.56. The molecule has 0 bridgehead atoms. The molecular formula is C15H22N2O2. The maximum absolute atomic E-state index is 11.6. The van der Waals surface area contributed by atoms with E-state index in [-0.39, 0.29) is 11.8 Å². The van der Waals surface area contributed by atoms with E-state index in [1.807, 2.05) is 24.3 Å². The number of methoxy groups -OCH3 is 1. The van der Waals surface area contributed by atoms with Crippen LogP contribution in [0.3, 0.4) is 0 Å². The van der Waals surface area contributed by atoms with Gasteiger partial charge in [-0.3, -0.25) is 4.79 Å². The Morgan fingerprint density at radius 2 is 1.95 bits per heavy atom. The third-order valence-electron chi connectivity index (χ3n) is 3.27. The topological polar surface area (TPSA) is 50.4 Å². The molecule has 1 atom stereocenters. The Balaban J connectivity index is 1.81. The first kappa shape index (κ1) is 13.9. The third-order valence-corrected chi connectivity index (χ3v) is 3.27. The van der Waals surface area contributed by atoms with Crippen LogP contribution in [-0.2, 0) is 9.53 Å². The fourth-order valence-electron chi connectivity index (χ4n) is 1.89. The second kappa shape index (κ2) is 6.57. The van der Waals surface area contributed by atoms with Crippen LogP contribution < -0.4 is 10.6 Å². The molecule has 2 N–H and O–H groups in total. The molecule has 19 heavy (non-hydrogen) atoms. The Morgan fingerprint density at radius 1 is 1.32 bits per heavy atom. The number of hydrogen-bond donors (Lipinski definition) is 2. The number of ether oxygens (including phenoxy) is 1. The van der Waals surface area contributed by atoms with Crippen molar-refractivity contribution in [3.63, 3.8) is 0 Å². The number of carbonyl (C=O) groups is 1. The van der Waals surface area contributed by atoms with E-state index >= 15 is 0 Å². The van der Waals surface area contributed by atoms with Gasteiger partial charge in [-0.25, -0.2) is 0 Å². The zero-order valence-corrected chi connectivity index (χ0v) is 11.6. The SMILES string of the molecule is COCCC(C)Nc1ccc(NC(=O)C2CC2)cc1. The summed E-state index contributed by atoms with van der Waals surface area (Å²) in [4.78, 5) is 11.6. The average molecular weight is 262 g/mol. The van der Waals surface area contributed by atoms with E-state index < -0.39 is 0 Å². The van der Waals surface area contributed by atoms with Crippen LogP contribution in [0.15, 0.2) is 24.3 Å². The van der Waals surface area contributed by atoms with Gasteiger partial charge in [-0.2, -0.15) is 0 Å². The van der Waals surface area contributed by atoms with E-state index in [4.69, 9.17) is 4.74 Å². The van der Waals surface area contributed by atoms with Crippen molar-refractivity contribution in [3.8, 4) is 0 Å². The van der Waals surface area contributed by atoms with Gasteiger partial charge in [0.15, 0.2) is 0 Å². The minimum Gasteiger partial charge on any atom is -0.385 e. The van der Waals surface area contributed by atoms with Crippen molar-refractivity contribution >= 4 is 17.3 Å². The number of rotatable bonds is 7. The molecule has 104 valence electrons. The maximum Gasteiger partial charge on any atom is 0.227 e. The monoisotopic (exact) mass is 262 g/mol. The van der Waals surface area contributed by atoms with Crippen LogP contribution in [0.4, 0.5) is 11.4 Å². The molecule has 0 radical (unpaired) electrons. The zero-order valence-electron chi connectivity index (χ0n) is 11.6. The Bertz CT molecular complexity index is 413. The second-order valence-electron chi connectivity index (χ2n) is 5.17. The minimum absolute atomic E-state index is 0.147. The molecule has 4 heteroatoms. The van der Waals surface area contributed by atoms with Crippen LogP contribution in [0.25, 0.3) is 0 Å². The lowest BCUT2D eigenvalue weighted by Crippen LogP contribution is -2.17. The van der Waals surface area contributed by atoms with Crippen molar-refractivity contribution in [1.82, 2.24) is 0 Å². The van der Waals surface area contributed by atoms with Crippen molar-refractivity contribution in [3.05, 3.63) is 24.3 Å². The highest BCUT2D eigenvalue weighted by Gasteiger charge is 2.29. The molecular weight excluding hydrogens is 240 g/mol. The van der Waals surface area contributed by atoms with Gasteiger partial charge < -0.3 is 15.4 Å². The van der Waals surface area contributed by atoms with E-state index in [9.17, 15) is 4.79 Å². The molecule has 4 nitrogen and oxygen atoms in total. The van der Waals surface area contributed by atoms with Gasteiger partial charge in [-0.05, 0) is 50.5 Å². The summed E-state index contributed by atoms with van der Waals surface area (Å²) in [6.07, 6.45) is 3.03. The van der Waals surface area contributed by atoms with Crippen LogP contribution in [0, 0.1) is 5.92 Å². The van der Waals surface area contributed by atoms with Gasteiger partial charge >= 0.3 is 0 Å². The molecule has 0 spiro atoms.